The van der Waals surface area contributed by atoms with Crippen LogP contribution in [0.3, 0.4) is 0 Å². The fourth-order valence-electron chi connectivity index (χ4n) is 4.82. The van der Waals surface area contributed by atoms with E-state index in [9.17, 15) is 0 Å². The third kappa shape index (κ3) is 5.04. The lowest BCUT2D eigenvalue weighted by atomic mass is 9.89. The minimum atomic E-state index is 0.636. The summed E-state index contributed by atoms with van der Waals surface area (Å²) in [5, 5.41) is 4.30. The lowest BCUT2D eigenvalue weighted by molar-refractivity contribution is 0.138. The zero-order valence-electron chi connectivity index (χ0n) is 19.4. The first kappa shape index (κ1) is 21.9. The Morgan fingerprint density at radius 1 is 1.09 bits per heavy atom. The highest BCUT2D eigenvalue weighted by molar-refractivity contribution is 5.93. The molecule has 2 atom stereocenters. The van der Waals surface area contributed by atoms with E-state index >= 15 is 0 Å². The zero-order valence-corrected chi connectivity index (χ0v) is 19.4. The summed E-state index contributed by atoms with van der Waals surface area (Å²) in [6, 6.07) is 12.1. The minimum Gasteiger partial charge on any atom is -0.493 e. The molecule has 3 aromatic rings. The fourth-order valence-corrected chi connectivity index (χ4v) is 4.82. The molecule has 5 rings (SSSR count). The van der Waals surface area contributed by atoms with Gasteiger partial charge in [0.25, 0.3) is 0 Å². The lowest BCUT2D eigenvalue weighted by Crippen LogP contribution is -2.40. The van der Waals surface area contributed by atoms with Crippen LogP contribution in [0.5, 0.6) is 11.5 Å². The van der Waals surface area contributed by atoms with Crippen LogP contribution in [0.1, 0.15) is 18.4 Å². The Hall–Kier alpha value is -2.90. The third-order valence-electron chi connectivity index (χ3n) is 6.75. The van der Waals surface area contributed by atoms with Crippen molar-refractivity contribution in [2.75, 3.05) is 51.9 Å². The fraction of sp³-hybridized carbons (Fsp3) is 0.462. The quantitative estimate of drug-likeness (QED) is 0.511. The van der Waals surface area contributed by atoms with Crippen molar-refractivity contribution in [1.29, 1.82) is 0 Å². The Morgan fingerprint density at radius 2 is 1.94 bits per heavy atom. The van der Waals surface area contributed by atoms with Gasteiger partial charge in [-0.2, -0.15) is 0 Å². The van der Waals surface area contributed by atoms with Crippen LogP contribution in [-0.4, -0.2) is 61.4 Å². The van der Waals surface area contributed by atoms with E-state index in [2.05, 4.69) is 39.2 Å². The summed E-state index contributed by atoms with van der Waals surface area (Å²) in [4.78, 5) is 11.4. The molecule has 7 heteroatoms. The molecule has 0 aliphatic carbocycles. The molecule has 2 aliphatic heterocycles. The van der Waals surface area contributed by atoms with Crippen molar-refractivity contribution < 1.29 is 14.2 Å². The van der Waals surface area contributed by atoms with E-state index in [1.807, 2.05) is 24.3 Å². The van der Waals surface area contributed by atoms with E-state index in [0.717, 1.165) is 73.3 Å². The van der Waals surface area contributed by atoms with Gasteiger partial charge in [-0.15, -0.1) is 0 Å². The Bertz CT molecular complexity index is 1090. The minimum absolute atomic E-state index is 0.636. The van der Waals surface area contributed by atoms with Crippen molar-refractivity contribution in [3.05, 3.63) is 48.3 Å². The molecular weight excluding hydrogens is 416 g/mol. The van der Waals surface area contributed by atoms with Gasteiger partial charge in [-0.1, -0.05) is 17.7 Å². The number of fused-ring (bicyclic) bond motifs is 2. The number of likely N-dealkylation sites (tertiary alicyclic amines) is 1. The van der Waals surface area contributed by atoms with Gasteiger partial charge in [0.05, 0.1) is 25.8 Å². The largest absolute Gasteiger partial charge is 0.493 e. The standard InChI is InChI=1S/C26H32N4O3/c1-18-4-6-21(7-5-18)29-26-22-12-25(24(31-2)13-23(22)27-17-28-26)33-11-3-9-30-10-8-19-15-32-16-20(19)14-30/h4-7,12-13,17,19-20H,3,8-11,14-16H2,1-2H3,(H,27,28,29). The van der Waals surface area contributed by atoms with Gasteiger partial charge >= 0.3 is 0 Å². The first-order valence-electron chi connectivity index (χ1n) is 11.8. The van der Waals surface area contributed by atoms with E-state index in [1.54, 1.807) is 13.4 Å². The highest BCUT2D eigenvalue weighted by Gasteiger charge is 2.33. The Balaban J connectivity index is 1.25. The van der Waals surface area contributed by atoms with Crippen molar-refractivity contribution in [2.24, 2.45) is 11.8 Å². The van der Waals surface area contributed by atoms with Crippen LogP contribution in [0.15, 0.2) is 42.7 Å². The zero-order chi connectivity index (χ0) is 22.6. The van der Waals surface area contributed by atoms with Crippen molar-refractivity contribution in [3.8, 4) is 11.5 Å². The molecule has 0 radical (unpaired) electrons. The van der Waals surface area contributed by atoms with Gasteiger partial charge in [-0.05, 0) is 50.4 Å². The van der Waals surface area contributed by atoms with Crippen molar-refractivity contribution in [3.63, 3.8) is 0 Å². The molecule has 0 saturated carbocycles. The highest BCUT2D eigenvalue weighted by Crippen LogP contribution is 2.35. The van der Waals surface area contributed by atoms with Crippen LogP contribution in [-0.2, 0) is 4.74 Å². The number of anilines is 2. The second kappa shape index (κ2) is 9.93. The molecule has 2 unspecified atom stereocenters. The van der Waals surface area contributed by atoms with Gasteiger partial charge in [-0.25, -0.2) is 9.97 Å². The smallest absolute Gasteiger partial charge is 0.162 e. The van der Waals surface area contributed by atoms with E-state index in [0.29, 0.717) is 18.3 Å². The molecule has 3 heterocycles. The number of piperidine rings is 1. The number of nitrogens with one attached hydrogen (secondary N) is 1. The maximum atomic E-state index is 6.18. The van der Waals surface area contributed by atoms with Crippen LogP contribution in [0, 0.1) is 18.8 Å². The predicted octanol–water partition coefficient (Wildman–Crippen LogP) is 4.43. The molecule has 1 N–H and O–H groups in total. The SMILES string of the molecule is COc1cc2ncnc(Nc3ccc(C)cc3)c2cc1OCCCN1CCC2COCC2C1. The summed E-state index contributed by atoms with van der Waals surface area (Å²) in [6.07, 6.45) is 3.79. The number of hydrogen-bond donors (Lipinski definition) is 1. The van der Waals surface area contributed by atoms with Crippen LogP contribution < -0.4 is 14.8 Å². The summed E-state index contributed by atoms with van der Waals surface area (Å²) in [6.45, 7) is 7.94. The number of rotatable bonds is 8. The lowest BCUT2D eigenvalue weighted by Gasteiger charge is -2.33. The normalized spacial score (nSPS) is 20.5. The first-order chi connectivity index (χ1) is 16.2. The molecule has 0 bridgehead atoms. The van der Waals surface area contributed by atoms with Crippen LogP contribution in [0.25, 0.3) is 10.9 Å². The number of hydrogen-bond acceptors (Lipinski definition) is 7. The summed E-state index contributed by atoms with van der Waals surface area (Å²) in [5.41, 5.74) is 3.01. The molecule has 33 heavy (non-hydrogen) atoms. The van der Waals surface area contributed by atoms with E-state index in [1.165, 1.54) is 12.0 Å². The second-order valence-corrected chi connectivity index (χ2v) is 9.08. The highest BCUT2D eigenvalue weighted by atomic mass is 16.5. The van der Waals surface area contributed by atoms with Gasteiger partial charge in [-0.3, -0.25) is 0 Å². The Labute approximate surface area is 195 Å². The molecule has 2 aliphatic rings. The summed E-state index contributed by atoms with van der Waals surface area (Å²) < 4.78 is 17.4. The van der Waals surface area contributed by atoms with Crippen molar-refractivity contribution in [1.82, 2.24) is 14.9 Å². The summed E-state index contributed by atoms with van der Waals surface area (Å²) in [5.74, 6) is 3.63. The first-order valence-corrected chi connectivity index (χ1v) is 11.8. The molecule has 0 spiro atoms. The monoisotopic (exact) mass is 448 g/mol. The topological polar surface area (TPSA) is 68.7 Å². The second-order valence-electron chi connectivity index (χ2n) is 9.08. The number of ether oxygens (including phenoxy) is 3. The maximum absolute atomic E-state index is 6.18. The maximum Gasteiger partial charge on any atom is 0.162 e. The average Bonchev–Trinajstić information content (AvgIpc) is 3.31. The van der Waals surface area contributed by atoms with Crippen LogP contribution in [0.2, 0.25) is 0 Å². The van der Waals surface area contributed by atoms with E-state index in [-0.39, 0.29) is 0 Å². The number of benzene rings is 2. The summed E-state index contributed by atoms with van der Waals surface area (Å²) >= 11 is 0. The van der Waals surface area contributed by atoms with Crippen LogP contribution >= 0.6 is 0 Å². The molecule has 2 saturated heterocycles. The predicted molar refractivity (Wildman–Crippen MR) is 130 cm³/mol. The van der Waals surface area contributed by atoms with Gasteiger partial charge in [0.15, 0.2) is 11.5 Å². The van der Waals surface area contributed by atoms with Gasteiger partial charge < -0.3 is 24.4 Å². The van der Waals surface area contributed by atoms with Crippen molar-refractivity contribution >= 4 is 22.4 Å². The number of nitrogens with zero attached hydrogens (tertiary/aromatic N) is 3. The van der Waals surface area contributed by atoms with Gasteiger partial charge in [0.1, 0.15) is 12.1 Å². The number of methoxy groups -OCH3 is 1. The van der Waals surface area contributed by atoms with Crippen molar-refractivity contribution in [2.45, 2.75) is 19.8 Å². The number of aryl methyl sites for hydroxylation is 1. The van der Waals surface area contributed by atoms with Crippen LogP contribution in [0.4, 0.5) is 11.5 Å². The molecule has 7 nitrogen and oxygen atoms in total. The molecule has 1 aromatic heterocycles. The molecular formula is C26H32N4O3. The third-order valence-corrected chi connectivity index (χ3v) is 6.75. The van der Waals surface area contributed by atoms with E-state index in [4.69, 9.17) is 14.2 Å². The summed E-state index contributed by atoms with van der Waals surface area (Å²) in [7, 11) is 1.66. The molecule has 2 fully saturated rings. The molecule has 2 aromatic carbocycles. The average molecular weight is 449 g/mol. The van der Waals surface area contributed by atoms with E-state index < -0.39 is 0 Å². The number of aromatic nitrogens is 2. The molecule has 0 amide bonds. The van der Waals surface area contributed by atoms with Gasteiger partial charge in [0.2, 0.25) is 0 Å². The van der Waals surface area contributed by atoms with Gasteiger partial charge in [0, 0.05) is 42.8 Å². The Morgan fingerprint density at radius 3 is 2.79 bits per heavy atom. The molecule has 174 valence electrons. The Kier molecular flexibility index (Phi) is 6.60.